The zero-order valence-electron chi connectivity index (χ0n) is 17.5. The number of anilines is 2. The lowest BCUT2D eigenvalue weighted by Gasteiger charge is -2.35. The lowest BCUT2D eigenvalue weighted by atomic mass is 10.1. The molecule has 7 nitrogen and oxygen atoms in total. The van der Waals surface area contributed by atoms with E-state index in [4.69, 9.17) is 16.3 Å². The standard InChI is InChI=1S/C23H24ClN5O2/c1-16-6-7-18(13-20(16)24)27-23(30)29-10-8-28(9-11-29)22-14-21(25-15-26-22)17-4-3-5-19(12-17)31-2/h3-7,12-15H,8-11H2,1-2H3,(H,27,30). The predicted octanol–water partition coefficient (Wildman–Crippen LogP) is 4.47. The van der Waals surface area contributed by atoms with Gasteiger partial charge in [0.25, 0.3) is 0 Å². The summed E-state index contributed by atoms with van der Waals surface area (Å²) in [6, 6.07) is 15.2. The maximum absolute atomic E-state index is 12.6. The number of rotatable bonds is 4. The summed E-state index contributed by atoms with van der Waals surface area (Å²) >= 11 is 6.15. The number of nitrogens with one attached hydrogen (secondary N) is 1. The molecule has 4 rings (SSSR count). The molecule has 0 radical (unpaired) electrons. The second-order valence-electron chi connectivity index (χ2n) is 7.36. The van der Waals surface area contributed by atoms with E-state index < -0.39 is 0 Å². The maximum atomic E-state index is 12.6. The highest BCUT2D eigenvalue weighted by molar-refractivity contribution is 6.31. The molecule has 2 heterocycles. The van der Waals surface area contributed by atoms with E-state index in [-0.39, 0.29) is 6.03 Å². The van der Waals surface area contributed by atoms with E-state index in [1.807, 2.05) is 49.4 Å². The molecule has 0 saturated carbocycles. The quantitative estimate of drug-likeness (QED) is 0.652. The van der Waals surface area contributed by atoms with Crippen LogP contribution in [0.25, 0.3) is 11.3 Å². The molecule has 1 saturated heterocycles. The van der Waals surface area contributed by atoms with Gasteiger partial charge in [0, 0.05) is 48.5 Å². The lowest BCUT2D eigenvalue weighted by molar-refractivity contribution is 0.208. The highest BCUT2D eigenvalue weighted by Crippen LogP contribution is 2.25. The molecule has 160 valence electrons. The van der Waals surface area contributed by atoms with Crippen LogP contribution in [0.2, 0.25) is 5.02 Å². The van der Waals surface area contributed by atoms with Crippen LogP contribution in [0, 0.1) is 6.92 Å². The Morgan fingerprint density at radius 3 is 2.61 bits per heavy atom. The summed E-state index contributed by atoms with van der Waals surface area (Å²) < 4.78 is 5.31. The van der Waals surface area contributed by atoms with Crippen molar-refractivity contribution in [3.8, 4) is 17.0 Å². The zero-order chi connectivity index (χ0) is 21.8. The molecule has 1 N–H and O–H groups in total. The molecule has 0 aliphatic carbocycles. The first kappa shape index (κ1) is 20.9. The van der Waals surface area contributed by atoms with Crippen molar-refractivity contribution in [1.29, 1.82) is 0 Å². The number of aryl methyl sites for hydroxylation is 1. The Bertz CT molecular complexity index is 1080. The zero-order valence-corrected chi connectivity index (χ0v) is 18.3. The average molecular weight is 438 g/mol. The number of carbonyl (C=O) groups excluding carboxylic acids is 1. The van der Waals surface area contributed by atoms with E-state index in [9.17, 15) is 4.79 Å². The van der Waals surface area contributed by atoms with Crippen LogP contribution in [0.5, 0.6) is 5.75 Å². The number of carbonyl (C=O) groups is 1. The SMILES string of the molecule is COc1cccc(-c2cc(N3CCN(C(=O)Nc4ccc(C)c(Cl)c4)CC3)ncn2)c1. The Morgan fingerprint density at radius 2 is 1.87 bits per heavy atom. The first-order valence-electron chi connectivity index (χ1n) is 10.1. The van der Waals surface area contributed by atoms with Crippen molar-refractivity contribution in [2.24, 2.45) is 0 Å². The van der Waals surface area contributed by atoms with Crippen molar-refractivity contribution < 1.29 is 9.53 Å². The van der Waals surface area contributed by atoms with Crippen LogP contribution in [0.1, 0.15) is 5.56 Å². The first-order valence-corrected chi connectivity index (χ1v) is 10.4. The fourth-order valence-corrected chi connectivity index (χ4v) is 3.65. The highest BCUT2D eigenvalue weighted by atomic mass is 35.5. The van der Waals surface area contributed by atoms with Gasteiger partial charge in [0.1, 0.15) is 17.9 Å². The number of piperazine rings is 1. The third kappa shape index (κ3) is 4.88. The van der Waals surface area contributed by atoms with Gasteiger partial charge in [0.2, 0.25) is 0 Å². The number of aromatic nitrogens is 2. The molecule has 3 aromatic rings. The average Bonchev–Trinajstić information content (AvgIpc) is 2.81. The monoisotopic (exact) mass is 437 g/mol. The van der Waals surface area contributed by atoms with E-state index in [0.717, 1.165) is 28.4 Å². The topological polar surface area (TPSA) is 70.6 Å². The van der Waals surface area contributed by atoms with Gasteiger partial charge >= 0.3 is 6.03 Å². The molecule has 1 fully saturated rings. The van der Waals surface area contributed by atoms with E-state index in [2.05, 4.69) is 20.2 Å². The van der Waals surface area contributed by atoms with Crippen molar-refractivity contribution in [1.82, 2.24) is 14.9 Å². The van der Waals surface area contributed by atoms with Crippen LogP contribution < -0.4 is 15.0 Å². The molecule has 0 unspecified atom stereocenters. The van der Waals surface area contributed by atoms with Gasteiger partial charge in [-0.2, -0.15) is 0 Å². The first-order chi connectivity index (χ1) is 15.0. The summed E-state index contributed by atoms with van der Waals surface area (Å²) in [5.41, 5.74) is 3.48. The molecule has 0 spiro atoms. The van der Waals surface area contributed by atoms with Gasteiger partial charge in [-0.15, -0.1) is 0 Å². The van der Waals surface area contributed by atoms with Crippen molar-refractivity contribution >= 4 is 29.1 Å². The van der Waals surface area contributed by atoms with Crippen LogP contribution in [0.15, 0.2) is 54.9 Å². The lowest BCUT2D eigenvalue weighted by Crippen LogP contribution is -2.50. The summed E-state index contributed by atoms with van der Waals surface area (Å²) in [6.07, 6.45) is 1.57. The van der Waals surface area contributed by atoms with Gasteiger partial charge in [0.05, 0.1) is 12.8 Å². The van der Waals surface area contributed by atoms with Gasteiger partial charge < -0.3 is 19.9 Å². The molecule has 0 atom stereocenters. The van der Waals surface area contributed by atoms with Crippen molar-refractivity contribution in [2.45, 2.75) is 6.92 Å². The van der Waals surface area contributed by atoms with E-state index >= 15 is 0 Å². The number of ether oxygens (including phenoxy) is 1. The second-order valence-corrected chi connectivity index (χ2v) is 7.77. The number of urea groups is 1. The Hall–Kier alpha value is -3.32. The number of halogens is 1. The minimum absolute atomic E-state index is 0.126. The van der Waals surface area contributed by atoms with Gasteiger partial charge in [0.15, 0.2) is 0 Å². The minimum Gasteiger partial charge on any atom is -0.497 e. The number of methoxy groups -OCH3 is 1. The van der Waals surface area contributed by atoms with Crippen LogP contribution in [-0.4, -0.2) is 54.2 Å². The third-order valence-corrected chi connectivity index (χ3v) is 5.74. The van der Waals surface area contributed by atoms with E-state index in [1.54, 1.807) is 24.4 Å². The molecule has 1 aliphatic rings. The molecule has 1 aliphatic heterocycles. The van der Waals surface area contributed by atoms with Crippen molar-refractivity contribution in [2.75, 3.05) is 43.5 Å². The Morgan fingerprint density at radius 1 is 1.06 bits per heavy atom. The fourth-order valence-electron chi connectivity index (χ4n) is 3.47. The minimum atomic E-state index is -0.126. The van der Waals surface area contributed by atoms with Crippen LogP contribution in [0.4, 0.5) is 16.3 Å². The van der Waals surface area contributed by atoms with Gasteiger partial charge in [-0.3, -0.25) is 0 Å². The molecule has 0 bridgehead atoms. The van der Waals surface area contributed by atoms with Crippen LogP contribution in [-0.2, 0) is 0 Å². The second kappa shape index (κ2) is 9.22. The molecule has 1 aromatic heterocycles. The molecular weight excluding hydrogens is 414 g/mol. The van der Waals surface area contributed by atoms with Gasteiger partial charge in [-0.25, -0.2) is 14.8 Å². The number of benzene rings is 2. The van der Waals surface area contributed by atoms with Gasteiger partial charge in [-0.1, -0.05) is 29.8 Å². The summed E-state index contributed by atoms with van der Waals surface area (Å²) in [5, 5.41) is 3.56. The largest absolute Gasteiger partial charge is 0.497 e. The number of nitrogens with zero attached hydrogens (tertiary/aromatic N) is 4. The molecular formula is C23H24ClN5O2. The fraction of sp³-hybridized carbons (Fsp3) is 0.261. The van der Waals surface area contributed by atoms with E-state index in [1.165, 1.54) is 0 Å². The number of hydrogen-bond donors (Lipinski definition) is 1. The highest BCUT2D eigenvalue weighted by Gasteiger charge is 2.22. The summed E-state index contributed by atoms with van der Waals surface area (Å²) in [5.74, 6) is 1.63. The number of hydrogen-bond acceptors (Lipinski definition) is 5. The smallest absolute Gasteiger partial charge is 0.321 e. The molecule has 2 amide bonds. The third-order valence-electron chi connectivity index (χ3n) is 5.33. The normalized spacial score (nSPS) is 13.8. The Kier molecular flexibility index (Phi) is 6.23. The summed E-state index contributed by atoms with van der Waals surface area (Å²) in [4.78, 5) is 25.4. The molecule has 31 heavy (non-hydrogen) atoms. The van der Waals surface area contributed by atoms with Crippen LogP contribution in [0.3, 0.4) is 0 Å². The maximum Gasteiger partial charge on any atom is 0.321 e. The number of amides is 2. The van der Waals surface area contributed by atoms with Gasteiger partial charge in [-0.05, 0) is 36.8 Å². The summed E-state index contributed by atoms with van der Waals surface area (Å²) in [6.45, 7) is 4.51. The van der Waals surface area contributed by atoms with Crippen molar-refractivity contribution in [3.05, 3.63) is 65.4 Å². The van der Waals surface area contributed by atoms with Crippen LogP contribution >= 0.6 is 11.6 Å². The summed E-state index contributed by atoms with van der Waals surface area (Å²) in [7, 11) is 1.65. The molecule has 2 aromatic carbocycles. The Labute approximate surface area is 186 Å². The Balaban J connectivity index is 1.39. The molecule has 8 heteroatoms. The van der Waals surface area contributed by atoms with Crippen molar-refractivity contribution in [3.63, 3.8) is 0 Å². The predicted molar refractivity (Wildman–Crippen MR) is 123 cm³/mol. The van der Waals surface area contributed by atoms with E-state index in [0.29, 0.717) is 36.9 Å².